The summed E-state index contributed by atoms with van der Waals surface area (Å²) in [6, 6.07) is 52.4. The van der Waals surface area contributed by atoms with Gasteiger partial charge in [-0.2, -0.15) is 0 Å². The molecule has 0 saturated heterocycles. The number of rotatable bonds is 7. The van der Waals surface area contributed by atoms with Crippen LogP contribution in [0.25, 0.3) is 72.7 Å². The van der Waals surface area contributed by atoms with Crippen molar-refractivity contribution in [2.45, 2.75) is 73.1 Å². The summed E-state index contributed by atoms with van der Waals surface area (Å²) in [6.07, 6.45) is 1.89. The molecule has 2 heterocycles. The molecule has 8 rings (SSSR count). The van der Waals surface area contributed by atoms with Gasteiger partial charge in [0.1, 0.15) is 11.6 Å². The Hall–Kier alpha value is -5.57. The fourth-order valence-corrected chi connectivity index (χ4v) is 7.60. The van der Waals surface area contributed by atoms with Crippen molar-refractivity contribution in [2.24, 2.45) is 5.41 Å². The first-order chi connectivity index (χ1) is 27.6. The van der Waals surface area contributed by atoms with Gasteiger partial charge in [0, 0.05) is 38.5 Å². The predicted octanol–water partition coefficient (Wildman–Crippen LogP) is 14.2. The molecule has 0 aliphatic rings. The Morgan fingerprint density at radius 2 is 1.25 bits per heavy atom. The molecule has 59 heavy (non-hydrogen) atoms. The Kier molecular flexibility index (Phi) is 11.2. The predicted molar refractivity (Wildman–Crippen MR) is 242 cm³/mol. The van der Waals surface area contributed by atoms with E-state index in [1.165, 1.54) is 16.7 Å². The molecule has 1 N–H and O–H groups in total. The number of benzene rings is 6. The molecule has 0 fully saturated rings. The van der Waals surface area contributed by atoms with Gasteiger partial charge in [-0.05, 0) is 81.8 Å². The van der Waals surface area contributed by atoms with E-state index in [0.717, 1.165) is 61.4 Å². The Bertz CT molecular complexity index is 2780. The van der Waals surface area contributed by atoms with E-state index in [1.54, 1.807) is 6.07 Å². The second kappa shape index (κ2) is 15.9. The minimum atomic E-state index is -0.144. The van der Waals surface area contributed by atoms with Gasteiger partial charge in [0.15, 0.2) is 0 Å². The quantitative estimate of drug-likeness (QED) is 0.162. The topological polar surface area (TPSA) is 50.9 Å². The third-order valence-corrected chi connectivity index (χ3v) is 12.2. The van der Waals surface area contributed by atoms with Gasteiger partial charge in [-0.1, -0.05) is 163 Å². The van der Waals surface area contributed by atoms with Crippen molar-refractivity contribution in [3.05, 3.63) is 168 Å². The van der Waals surface area contributed by atoms with E-state index in [0.29, 0.717) is 11.4 Å². The second-order valence-electron chi connectivity index (χ2n) is 18.2. The van der Waals surface area contributed by atoms with Crippen LogP contribution in [0.5, 0.6) is 5.75 Å². The minimum absolute atomic E-state index is 0. The average Bonchev–Trinajstić information content (AvgIpc) is 3.60. The second-order valence-corrected chi connectivity index (χ2v) is 18.2. The largest absolute Gasteiger partial charge is 0.507 e. The maximum atomic E-state index is 11.4. The van der Waals surface area contributed by atoms with Crippen LogP contribution in [0.2, 0.25) is 0 Å². The Balaban J connectivity index is 0.00000528. The minimum Gasteiger partial charge on any atom is -0.507 e. The van der Waals surface area contributed by atoms with Gasteiger partial charge in [0.2, 0.25) is 0 Å². The van der Waals surface area contributed by atoms with Crippen molar-refractivity contribution in [1.82, 2.24) is 14.5 Å². The number of fused-ring (bicyclic) bond motifs is 1. The smallest absolute Gasteiger partial charge is 0.148 e. The van der Waals surface area contributed by atoms with Gasteiger partial charge in [0.25, 0.3) is 0 Å². The number of aryl methyl sites for hydroxylation is 1. The first-order valence-corrected chi connectivity index (χ1v) is 20.2. The summed E-state index contributed by atoms with van der Waals surface area (Å²) >= 11 is 0. The Morgan fingerprint density at radius 3 is 1.95 bits per heavy atom. The molecule has 0 aliphatic heterocycles. The van der Waals surface area contributed by atoms with Gasteiger partial charge in [-0.25, -0.2) is 4.98 Å². The van der Waals surface area contributed by atoms with Crippen LogP contribution in [0.4, 0.5) is 0 Å². The van der Waals surface area contributed by atoms with Gasteiger partial charge in [0.05, 0.1) is 22.3 Å². The van der Waals surface area contributed by atoms with Crippen LogP contribution in [0.3, 0.4) is 0 Å². The number of hydrogen-bond donors (Lipinski definition) is 1. The number of aromatic hydroxyl groups is 1. The van der Waals surface area contributed by atoms with Crippen molar-refractivity contribution < 1.29 is 26.2 Å². The first-order valence-electron chi connectivity index (χ1n) is 20.2. The van der Waals surface area contributed by atoms with E-state index in [9.17, 15) is 5.11 Å². The molecule has 0 radical (unpaired) electrons. The van der Waals surface area contributed by atoms with Crippen molar-refractivity contribution in [1.29, 1.82) is 0 Å². The SMILES string of the molecule is Cc1ccc(-c2ccnc(-c3[c-]c(-c4cccc5c4nc(-c4ccccc4O)n5-c4ccc(C(C)(C)C(C)(C)C)cc4-c4ccccc4)cc(C(C)(C)C)c3)c2)cc1.[Pt]. The third-order valence-electron chi connectivity index (χ3n) is 12.2. The standard InChI is InChI=1S/C54H52N3O.Pt/c1-35-22-24-36(25-23-35)38-28-29-55-46(33-38)40-30-39(31-42(32-40)52(2,3)4)43-19-15-20-48-50(43)56-51(44-18-13-14-21-49(44)58)57(48)47-27-26-41(54(8,9)53(5,6)7)34-45(47)37-16-11-10-12-17-37;/h10-29,31-34,58H,1-9H3;/q-1;. The number of para-hydroxylation sites is 2. The first kappa shape index (κ1) is 41.6. The molecule has 0 unspecified atom stereocenters. The molecule has 6 aromatic carbocycles. The van der Waals surface area contributed by atoms with E-state index in [1.807, 2.05) is 24.4 Å². The van der Waals surface area contributed by atoms with E-state index in [2.05, 4.69) is 188 Å². The maximum Gasteiger partial charge on any atom is 0.148 e. The van der Waals surface area contributed by atoms with Crippen LogP contribution < -0.4 is 0 Å². The maximum absolute atomic E-state index is 11.4. The van der Waals surface area contributed by atoms with Crippen molar-refractivity contribution in [2.75, 3.05) is 0 Å². The number of pyridine rings is 1. The van der Waals surface area contributed by atoms with Crippen LogP contribution >= 0.6 is 0 Å². The molecule has 0 amide bonds. The number of phenolic OH excluding ortho intramolecular Hbond substituents is 1. The Labute approximate surface area is 364 Å². The van der Waals surface area contributed by atoms with Crippen molar-refractivity contribution >= 4 is 11.0 Å². The number of nitrogens with zero attached hydrogens (tertiary/aromatic N) is 3. The fraction of sp³-hybridized carbons (Fsp3) is 0.222. The van der Waals surface area contributed by atoms with Crippen molar-refractivity contribution in [3.8, 4) is 67.5 Å². The van der Waals surface area contributed by atoms with E-state index in [-0.39, 0.29) is 43.1 Å². The van der Waals surface area contributed by atoms with Gasteiger partial charge >= 0.3 is 0 Å². The summed E-state index contributed by atoms with van der Waals surface area (Å²) < 4.78 is 2.23. The van der Waals surface area contributed by atoms with Crippen LogP contribution in [-0.2, 0) is 31.9 Å². The molecular formula is C54H52N3OPt-. The molecular weight excluding hydrogens is 902 g/mol. The van der Waals surface area contributed by atoms with Crippen molar-refractivity contribution in [3.63, 3.8) is 0 Å². The summed E-state index contributed by atoms with van der Waals surface area (Å²) in [5.74, 6) is 0.843. The van der Waals surface area contributed by atoms with Crippen LogP contribution in [-0.4, -0.2) is 19.6 Å². The summed E-state index contributed by atoms with van der Waals surface area (Å²) in [5, 5.41) is 11.4. The third kappa shape index (κ3) is 7.96. The zero-order chi connectivity index (χ0) is 41.0. The summed E-state index contributed by atoms with van der Waals surface area (Å²) in [6.45, 7) is 20.4. The van der Waals surface area contributed by atoms with E-state index >= 15 is 0 Å². The van der Waals surface area contributed by atoms with Crippen LogP contribution in [0.1, 0.15) is 72.1 Å². The monoisotopic (exact) mass is 953 g/mol. The molecule has 0 saturated carbocycles. The molecule has 2 aromatic heterocycles. The fourth-order valence-electron chi connectivity index (χ4n) is 7.60. The van der Waals surface area contributed by atoms with Gasteiger partial charge in [-0.3, -0.25) is 9.55 Å². The normalized spacial score (nSPS) is 12.1. The number of phenols is 1. The summed E-state index contributed by atoms with van der Waals surface area (Å²) in [5.41, 5.74) is 15.0. The van der Waals surface area contributed by atoms with E-state index < -0.39 is 0 Å². The van der Waals surface area contributed by atoms with E-state index in [4.69, 9.17) is 9.97 Å². The molecule has 0 atom stereocenters. The zero-order valence-electron chi connectivity index (χ0n) is 35.5. The number of aromatic nitrogens is 3. The van der Waals surface area contributed by atoms with Crippen LogP contribution in [0, 0.1) is 18.4 Å². The van der Waals surface area contributed by atoms with Crippen LogP contribution in [0.15, 0.2) is 146 Å². The summed E-state index contributed by atoms with van der Waals surface area (Å²) in [4.78, 5) is 10.3. The molecule has 300 valence electrons. The molecule has 0 spiro atoms. The summed E-state index contributed by atoms with van der Waals surface area (Å²) in [7, 11) is 0. The average molecular weight is 954 g/mol. The Morgan fingerprint density at radius 1 is 0.576 bits per heavy atom. The number of hydrogen-bond acceptors (Lipinski definition) is 3. The zero-order valence-corrected chi connectivity index (χ0v) is 37.7. The molecule has 5 heteroatoms. The molecule has 8 aromatic rings. The van der Waals surface area contributed by atoms with Gasteiger partial charge < -0.3 is 5.11 Å². The number of imidazole rings is 1. The molecule has 0 bridgehead atoms. The molecule has 4 nitrogen and oxygen atoms in total. The molecule has 0 aliphatic carbocycles. The van der Waals surface area contributed by atoms with Gasteiger partial charge in [-0.15, -0.1) is 29.3 Å².